The predicted octanol–water partition coefficient (Wildman–Crippen LogP) is 3.19. The highest BCUT2D eigenvalue weighted by molar-refractivity contribution is 7.44. The first-order chi connectivity index (χ1) is 8.33. The lowest BCUT2D eigenvalue weighted by atomic mass is 10.3. The molecule has 0 spiro atoms. The van der Waals surface area contributed by atoms with Crippen molar-refractivity contribution >= 4 is 8.53 Å². The van der Waals surface area contributed by atoms with Gasteiger partial charge in [-0.15, -0.1) is 0 Å². The highest BCUT2D eigenvalue weighted by Gasteiger charge is 2.30. The molecule has 0 bridgehead atoms. The molecule has 0 fully saturated rings. The Balaban J connectivity index is 4.93. The third kappa shape index (κ3) is 5.76. The third-order valence-electron chi connectivity index (χ3n) is 2.11. The molecule has 0 aliphatic heterocycles. The van der Waals surface area contributed by atoms with Crippen LogP contribution in [-0.4, -0.2) is 29.0 Å². The van der Waals surface area contributed by atoms with E-state index in [0.29, 0.717) is 0 Å². The zero-order chi connectivity index (χ0) is 14.3. The van der Waals surface area contributed by atoms with Crippen molar-refractivity contribution in [3.05, 3.63) is 0 Å². The van der Waals surface area contributed by atoms with Gasteiger partial charge in [0.25, 0.3) is 8.53 Å². The molecular formula is C12H22N3O2P. The third-order valence-corrected chi connectivity index (χ3v) is 4.40. The Morgan fingerprint density at radius 1 is 0.833 bits per heavy atom. The van der Waals surface area contributed by atoms with Crippen molar-refractivity contribution in [2.24, 2.45) is 0 Å². The Kier molecular flexibility index (Phi) is 8.07. The van der Waals surface area contributed by atoms with Gasteiger partial charge in [-0.05, 0) is 41.5 Å². The summed E-state index contributed by atoms with van der Waals surface area (Å²) in [5, 5.41) is 17.7. The number of nitriles is 2. The molecule has 0 amide bonds. The van der Waals surface area contributed by atoms with Gasteiger partial charge in [0.1, 0.15) is 12.2 Å². The zero-order valence-electron chi connectivity index (χ0n) is 11.9. The zero-order valence-corrected chi connectivity index (χ0v) is 12.8. The quantitative estimate of drug-likeness (QED) is 0.665. The van der Waals surface area contributed by atoms with Gasteiger partial charge < -0.3 is 9.05 Å². The van der Waals surface area contributed by atoms with Crippen LogP contribution in [0.1, 0.15) is 41.5 Å². The standard InChI is InChI=1S/C12H22N3O2P/c1-9(2)15(10(3)4)18(16-11(5)7-13)17-12(6)8-14/h9-12H,1-6H3. The number of rotatable bonds is 7. The molecule has 6 heteroatoms. The first kappa shape index (κ1) is 17.3. The van der Waals surface area contributed by atoms with E-state index in [2.05, 4.69) is 4.67 Å². The maximum Gasteiger partial charge on any atom is 0.261 e. The minimum Gasteiger partial charge on any atom is -0.303 e. The lowest BCUT2D eigenvalue weighted by Crippen LogP contribution is -2.35. The highest BCUT2D eigenvalue weighted by Crippen LogP contribution is 2.47. The fourth-order valence-electron chi connectivity index (χ4n) is 1.42. The van der Waals surface area contributed by atoms with Gasteiger partial charge >= 0.3 is 0 Å². The van der Waals surface area contributed by atoms with Crippen LogP contribution in [0.4, 0.5) is 0 Å². The summed E-state index contributed by atoms with van der Waals surface area (Å²) in [6.45, 7) is 11.5. The summed E-state index contributed by atoms with van der Waals surface area (Å²) in [6.07, 6.45) is -1.11. The van der Waals surface area contributed by atoms with Gasteiger partial charge in [-0.3, -0.25) is 0 Å². The summed E-state index contributed by atoms with van der Waals surface area (Å²) in [7, 11) is -1.41. The largest absolute Gasteiger partial charge is 0.303 e. The first-order valence-corrected chi connectivity index (χ1v) is 7.17. The molecule has 0 radical (unpaired) electrons. The van der Waals surface area contributed by atoms with Crippen LogP contribution in [0, 0.1) is 22.7 Å². The summed E-state index contributed by atoms with van der Waals surface area (Å²) in [4.78, 5) is 0. The Labute approximate surface area is 111 Å². The smallest absolute Gasteiger partial charge is 0.261 e. The van der Waals surface area contributed by atoms with Gasteiger partial charge in [0.05, 0.1) is 12.1 Å². The van der Waals surface area contributed by atoms with Gasteiger partial charge in [0, 0.05) is 12.1 Å². The van der Waals surface area contributed by atoms with E-state index in [1.807, 2.05) is 39.8 Å². The van der Waals surface area contributed by atoms with Crippen LogP contribution in [0.25, 0.3) is 0 Å². The molecular weight excluding hydrogens is 249 g/mol. The minimum atomic E-state index is -1.41. The second kappa shape index (κ2) is 8.40. The summed E-state index contributed by atoms with van der Waals surface area (Å²) in [5.41, 5.74) is 0. The Bertz CT molecular complexity index is 292. The van der Waals surface area contributed by atoms with Crippen LogP contribution >= 0.6 is 8.53 Å². The van der Waals surface area contributed by atoms with Crippen LogP contribution in [0.3, 0.4) is 0 Å². The molecule has 102 valence electrons. The van der Waals surface area contributed by atoms with E-state index in [1.165, 1.54) is 0 Å². The molecule has 2 atom stereocenters. The van der Waals surface area contributed by atoms with E-state index in [-0.39, 0.29) is 12.1 Å². The Morgan fingerprint density at radius 3 is 1.39 bits per heavy atom. The molecule has 0 saturated heterocycles. The molecule has 0 aromatic heterocycles. The minimum absolute atomic E-state index is 0.216. The molecule has 0 saturated carbocycles. The molecule has 18 heavy (non-hydrogen) atoms. The van der Waals surface area contributed by atoms with E-state index in [1.54, 1.807) is 13.8 Å². The van der Waals surface area contributed by atoms with Crippen molar-refractivity contribution < 1.29 is 9.05 Å². The van der Waals surface area contributed by atoms with Crippen LogP contribution in [0.5, 0.6) is 0 Å². The fourth-order valence-corrected chi connectivity index (χ4v) is 3.08. The normalized spacial score (nSPS) is 16.4. The summed E-state index contributed by atoms with van der Waals surface area (Å²) in [6, 6.07) is 4.48. The van der Waals surface area contributed by atoms with Crippen molar-refractivity contribution in [3.8, 4) is 12.1 Å². The molecule has 0 aliphatic carbocycles. The lowest BCUT2D eigenvalue weighted by Gasteiger charge is -2.36. The molecule has 2 unspecified atom stereocenters. The van der Waals surface area contributed by atoms with E-state index >= 15 is 0 Å². The van der Waals surface area contributed by atoms with Crippen molar-refractivity contribution in [1.29, 1.82) is 10.5 Å². The molecule has 0 aromatic carbocycles. The summed E-state index contributed by atoms with van der Waals surface area (Å²) in [5.74, 6) is 0. The van der Waals surface area contributed by atoms with Crippen LogP contribution < -0.4 is 0 Å². The number of hydrogen-bond acceptors (Lipinski definition) is 5. The molecule has 0 aromatic rings. The highest BCUT2D eigenvalue weighted by atomic mass is 31.2. The summed E-state index contributed by atoms with van der Waals surface area (Å²) >= 11 is 0. The average Bonchev–Trinajstić information content (AvgIpc) is 2.27. The Hall–Kier alpha value is -0.710. The van der Waals surface area contributed by atoms with Crippen LogP contribution in [-0.2, 0) is 9.05 Å². The van der Waals surface area contributed by atoms with E-state index in [4.69, 9.17) is 19.6 Å². The molecule has 0 heterocycles. The monoisotopic (exact) mass is 271 g/mol. The van der Waals surface area contributed by atoms with Crippen molar-refractivity contribution in [3.63, 3.8) is 0 Å². The van der Waals surface area contributed by atoms with Gasteiger partial charge in [0.2, 0.25) is 0 Å². The van der Waals surface area contributed by atoms with Gasteiger partial charge in [0.15, 0.2) is 0 Å². The number of nitrogens with zero attached hydrogens (tertiary/aromatic N) is 3. The topological polar surface area (TPSA) is 69.3 Å². The average molecular weight is 271 g/mol. The molecule has 5 nitrogen and oxygen atoms in total. The molecule has 0 aliphatic rings. The maximum absolute atomic E-state index is 8.83. The van der Waals surface area contributed by atoms with Crippen LogP contribution in [0.15, 0.2) is 0 Å². The SMILES string of the molecule is CC(C#N)OP(OC(C)C#N)N(C(C)C)C(C)C. The second-order valence-corrected chi connectivity index (χ2v) is 5.92. The first-order valence-electron chi connectivity index (χ1n) is 6.04. The van der Waals surface area contributed by atoms with Crippen LogP contribution in [0.2, 0.25) is 0 Å². The molecule has 0 rings (SSSR count). The fraction of sp³-hybridized carbons (Fsp3) is 0.833. The van der Waals surface area contributed by atoms with E-state index < -0.39 is 20.7 Å². The maximum atomic E-state index is 8.83. The van der Waals surface area contributed by atoms with Crippen molar-refractivity contribution in [2.45, 2.75) is 65.8 Å². The second-order valence-electron chi connectivity index (χ2n) is 4.56. The van der Waals surface area contributed by atoms with Crippen molar-refractivity contribution in [2.75, 3.05) is 0 Å². The molecule has 0 N–H and O–H groups in total. The number of hydrogen-bond donors (Lipinski definition) is 0. The predicted molar refractivity (Wildman–Crippen MR) is 71.4 cm³/mol. The lowest BCUT2D eigenvalue weighted by molar-refractivity contribution is 0.148. The van der Waals surface area contributed by atoms with Gasteiger partial charge in [-0.2, -0.15) is 10.5 Å². The Morgan fingerprint density at radius 2 is 1.17 bits per heavy atom. The van der Waals surface area contributed by atoms with E-state index in [9.17, 15) is 0 Å². The van der Waals surface area contributed by atoms with E-state index in [0.717, 1.165) is 0 Å². The summed E-state index contributed by atoms with van der Waals surface area (Å²) < 4.78 is 13.3. The van der Waals surface area contributed by atoms with Gasteiger partial charge in [-0.25, -0.2) is 4.67 Å². The van der Waals surface area contributed by atoms with Crippen molar-refractivity contribution in [1.82, 2.24) is 4.67 Å². The van der Waals surface area contributed by atoms with Gasteiger partial charge in [-0.1, -0.05) is 0 Å².